The Morgan fingerprint density at radius 3 is 2.60 bits per heavy atom. The molecule has 1 heterocycles. The monoisotopic (exact) mass is 205 g/mol. The molecule has 2 aliphatic carbocycles. The average molecular weight is 205 g/mol. The summed E-state index contributed by atoms with van der Waals surface area (Å²) in [6, 6.07) is 2.24. The van der Waals surface area contributed by atoms with Crippen LogP contribution < -0.4 is 5.73 Å². The molecule has 3 heteroatoms. The molecule has 2 fully saturated rings. The van der Waals surface area contributed by atoms with Gasteiger partial charge in [0.25, 0.3) is 0 Å². The van der Waals surface area contributed by atoms with Gasteiger partial charge >= 0.3 is 0 Å². The molecule has 3 nitrogen and oxygen atoms in total. The van der Waals surface area contributed by atoms with Crippen molar-refractivity contribution < 1.29 is 0 Å². The third kappa shape index (κ3) is 1.49. The maximum atomic E-state index is 6.30. The molecule has 0 amide bonds. The van der Waals surface area contributed by atoms with Gasteiger partial charge in [0.15, 0.2) is 0 Å². The first-order chi connectivity index (χ1) is 7.27. The fourth-order valence-electron chi connectivity index (χ4n) is 3.39. The molecule has 1 aromatic heterocycles. The predicted molar refractivity (Wildman–Crippen MR) is 59.1 cm³/mol. The van der Waals surface area contributed by atoms with Gasteiger partial charge in [-0.3, -0.25) is 4.68 Å². The quantitative estimate of drug-likeness (QED) is 0.801. The molecule has 1 aromatic rings. The van der Waals surface area contributed by atoms with Crippen LogP contribution in [0.5, 0.6) is 0 Å². The van der Waals surface area contributed by atoms with Crippen molar-refractivity contribution in [1.82, 2.24) is 9.78 Å². The van der Waals surface area contributed by atoms with E-state index in [2.05, 4.69) is 11.2 Å². The van der Waals surface area contributed by atoms with Crippen molar-refractivity contribution >= 4 is 0 Å². The highest BCUT2D eigenvalue weighted by atomic mass is 15.3. The van der Waals surface area contributed by atoms with E-state index in [1.54, 1.807) is 0 Å². The minimum absolute atomic E-state index is 0.180. The van der Waals surface area contributed by atoms with Crippen LogP contribution in [-0.4, -0.2) is 9.78 Å². The van der Waals surface area contributed by atoms with E-state index in [4.69, 9.17) is 5.73 Å². The molecular weight excluding hydrogens is 186 g/mol. The van der Waals surface area contributed by atoms with Crippen molar-refractivity contribution in [3.63, 3.8) is 0 Å². The Bertz CT molecular complexity index is 346. The van der Waals surface area contributed by atoms with E-state index in [-0.39, 0.29) is 6.04 Å². The van der Waals surface area contributed by atoms with Gasteiger partial charge in [0.05, 0.1) is 11.7 Å². The van der Waals surface area contributed by atoms with E-state index in [1.807, 2.05) is 17.9 Å². The van der Waals surface area contributed by atoms with E-state index in [0.29, 0.717) is 0 Å². The molecule has 0 aliphatic heterocycles. The van der Waals surface area contributed by atoms with Crippen molar-refractivity contribution in [1.29, 1.82) is 0 Å². The Balaban J connectivity index is 1.73. The number of hydrogen-bond donors (Lipinski definition) is 1. The summed E-state index contributed by atoms with van der Waals surface area (Å²) in [5.41, 5.74) is 7.38. The largest absolute Gasteiger partial charge is 0.322 e. The van der Waals surface area contributed by atoms with Crippen LogP contribution in [0.1, 0.15) is 37.4 Å². The molecule has 0 aromatic carbocycles. The Hall–Kier alpha value is -0.830. The van der Waals surface area contributed by atoms with Gasteiger partial charge in [-0.1, -0.05) is 12.8 Å². The second kappa shape index (κ2) is 3.34. The zero-order valence-corrected chi connectivity index (χ0v) is 9.26. The maximum absolute atomic E-state index is 6.30. The number of nitrogens with zero attached hydrogens (tertiary/aromatic N) is 2. The standard InChI is InChI=1S/C12H19N3/c1-15-7-6-10(14-15)12(13)11-8-4-2-3-5-9(8)11/h6-9,11-12H,2-5,13H2,1H3. The van der Waals surface area contributed by atoms with E-state index in [1.165, 1.54) is 25.7 Å². The fraction of sp³-hybridized carbons (Fsp3) is 0.750. The van der Waals surface area contributed by atoms with Gasteiger partial charge < -0.3 is 5.73 Å². The first kappa shape index (κ1) is 9.40. The lowest BCUT2D eigenvalue weighted by Gasteiger charge is -2.07. The summed E-state index contributed by atoms with van der Waals surface area (Å²) in [6.45, 7) is 0. The van der Waals surface area contributed by atoms with Crippen LogP contribution in [0, 0.1) is 17.8 Å². The van der Waals surface area contributed by atoms with Gasteiger partial charge in [0.1, 0.15) is 0 Å². The summed E-state index contributed by atoms with van der Waals surface area (Å²) < 4.78 is 1.85. The molecule has 82 valence electrons. The third-order valence-electron chi connectivity index (χ3n) is 4.21. The zero-order valence-electron chi connectivity index (χ0n) is 9.26. The van der Waals surface area contributed by atoms with Crippen molar-refractivity contribution in [2.24, 2.45) is 30.5 Å². The van der Waals surface area contributed by atoms with Crippen LogP contribution in [0.15, 0.2) is 12.3 Å². The number of hydrogen-bond acceptors (Lipinski definition) is 2. The average Bonchev–Trinajstić information content (AvgIpc) is 2.82. The van der Waals surface area contributed by atoms with Gasteiger partial charge in [-0.25, -0.2) is 0 Å². The molecule has 3 rings (SSSR count). The minimum atomic E-state index is 0.180. The highest BCUT2D eigenvalue weighted by Gasteiger charge is 2.53. The Labute approximate surface area is 90.7 Å². The molecule has 15 heavy (non-hydrogen) atoms. The predicted octanol–water partition coefficient (Wildman–Crippen LogP) is 1.86. The normalized spacial score (nSPS) is 36.0. The number of aromatic nitrogens is 2. The van der Waals surface area contributed by atoms with Gasteiger partial charge in [-0.05, 0) is 36.7 Å². The number of rotatable bonds is 2. The number of aryl methyl sites for hydroxylation is 1. The molecule has 0 radical (unpaired) electrons. The summed E-state index contributed by atoms with van der Waals surface area (Å²) in [5, 5.41) is 4.42. The minimum Gasteiger partial charge on any atom is -0.322 e. The maximum Gasteiger partial charge on any atom is 0.0794 e. The second-order valence-corrected chi connectivity index (χ2v) is 5.13. The van der Waals surface area contributed by atoms with E-state index in [0.717, 1.165) is 23.4 Å². The van der Waals surface area contributed by atoms with Gasteiger partial charge in [-0.2, -0.15) is 5.10 Å². The molecule has 0 bridgehead atoms. The van der Waals surface area contributed by atoms with Gasteiger partial charge in [-0.15, -0.1) is 0 Å². The summed E-state index contributed by atoms with van der Waals surface area (Å²) in [5.74, 6) is 2.55. The highest BCUT2D eigenvalue weighted by Crippen LogP contribution is 2.59. The first-order valence-corrected chi connectivity index (χ1v) is 6.02. The van der Waals surface area contributed by atoms with Crippen LogP contribution >= 0.6 is 0 Å². The number of nitrogens with two attached hydrogens (primary N) is 1. The van der Waals surface area contributed by atoms with E-state index in [9.17, 15) is 0 Å². The molecule has 2 aliphatic rings. The second-order valence-electron chi connectivity index (χ2n) is 5.13. The first-order valence-electron chi connectivity index (χ1n) is 6.02. The molecule has 3 unspecified atom stereocenters. The summed E-state index contributed by atoms with van der Waals surface area (Å²) >= 11 is 0. The van der Waals surface area contributed by atoms with Crippen LogP contribution in [0.25, 0.3) is 0 Å². The lowest BCUT2D eigenvalue weighted by atomic mass is 10.0. The lowest BCUT2D eigenvalue weighted by molar-refractivity contribution is 0.480. The van der Waals surface area contributed by atoms with Gasteiger partial charge in [0, 0.05) is 13.2 Å². The Morgan fingerprint density at radius 1 is 1.40 bits per heavy atom. The highest BCUT2D eigenvalue weighted by molar-refractivity contribution is 5.14. The van der Waals surface area contributed by atoms with Crippen molar-refractivity contribution in [3.8, 4) is 0 Å². The molecule has 2 N–H and O–H groups in total. The van der Waals surface area contributed by atoms with E-state index >= 15 is 0 Å². The molecular formula is C12H19N3. The zero-order chi connectivity index (χ0) is 10.4. The SMILES string of the molecule is Cn1ccc(C(N)C2C3CCCCC32)n1. The summed E-state index contributed by atoms with van der Waals surface area (Å²) in [7, 11) is 1.95. The van der Waals surface area contributed by atoms with Crippen molar-refractivity contribution in [3.05, 3.63) is 18.0 Å². The van der Waals surface area contributed by atoms with Crippen LogP contribution in [0.3, 0.4) is 0 Å². The Kier molecular flexibility index (Phi) is 2.09. The lowest BCUT2D eigenvalue weighted by Crippen LogP contribution is -2.15. The Morgan fingerprint density at radius 2 is 2.07 bits per heavy atom. The molecule has 3 atom stereocenters. The van der Waals surface area contributed by atoms with E-state index < -0.39 is 0 Å². The van der Waals surface area contributed by atoms with Crippen LogP contribution in [0.2, 0.25) is 0 Å². The topological polar surface area (TPSA) is 43.8 Å². The molecule has 2 saturated carbocycles. The smallest absolute Gasteiger partial charge is 0.0794 e. The number of fused-ring (bicyclic) bond motifs is 1. The summed E-state index contributed by atoms with van der Waals surface area (Å²) in [6.07, 6.45) is 7.60. The van der Waals surface area contributed by atoms with Crippen LogP contribution in [-0.2, 0) is 7.05 Å². The fourth-order valence-corrected chi connectivity index (χ4v) is 3.39. The molecule has 0 saturated heterocycles. The van der Waals surface area contributed by atoms with Crippen molar-refractivity contribution in [2.45, 2.75) is 31.7 Å². The van der Waals surface area contributed by atoms with Crippen LogP contribution in [0.4, 0.5) is 0 Å². The summed E-state index contributed by atoms with van der Waals surface area (Å²) in [4.78, 5) is 0. The van der Waals surface area contributed by atoms with Gasteiger partial charge in [0.2, 0.25) is 0 Å². The molecule has 0 spiro atoms. The third-order valence-corrected chi connectivity index (χ3v) is 4.21. The van der Waals surface area contributed by atoms with Crippen molar-refractivity contribution in [2.75, 3.05) is 0 Å².